The van der Waals surface area contributed by atoms with Crippen LogP contribution in [0.4, 0.5) is 0 Å². The third kappa shape index (κ3) is 1.56. The maximum atomic E-state index is 11.2. The lowest BCUT2D eigenvalue weighted by Gasteiger charge is -2.21. The number of rotatable bonds is 1. The van der Waals surface area contributed by atoms with Crippen molar-refractivity contribution < 1.29 is 14.7 Å². The molecular weight excluding hydrogens is 170 g/mol. The fraction of sp³-hybridized carbons (Fsp3) is 0.556. The molecule has 4 nitrogen and oxygen atoms in total. The van der Waals surface area contributed by atoms with Crippen molar-refractivity contribution in [1.29, 1.82) is 0 Å². The van der Waals surface area contributed by atoms with Crippen molar-refractivity contribution in [3.63, 3.8) is 0 Å². The van der Waals surface area contributed by atoms with Crippen LogP contribution >= 0.6 is 0 Å². The highest BCUT2D eigenvalue weighted by molar-refractivity contribution is 5.89. The van der Waals surface area contributed by atoms with Gasteiger partial charge in [-0.1, -0.05) is 20.8 Å². The van der Waals surface area contributed by atoms with Crippen molar-refractivity contribution in [1.82, 2.24) is 5.32 Å². The van der Waals surface area contributed by atoms with Gasteiger partial charge in [-0.05, 0) is 0 Å². The van der Waals surface area contributed by atoms with Crippen LogP contribution in [-0.2, 0) is 9.59 Å². The summed E-state index contributed by atoms with van der Waals surface area (Å²) in [5.74, 6) is -1.33. The molecule has 72 valence electrons. The number of amides is 1. The topological polar surface area (TPSA) is 66.4 Å². The van der Waals surface area contributed by atoms with E-state index < -0.39 is 11.4 Å². The summed E-state index contributed by atoms with van der Waals surface area (Å²) in [5, 5.41) is 11.1. The van der Waals surface area contributed by atoms with Crippen LogP contribution in [0.15, 0.2) is 11.8 Å². The largest absolute Gasteiger partial charge is 0.478 e. The van der Waals surface area contributed by atoms with Crippen LogP contribution in [0.3, 0.4) is 0 Å². The maximum Gasteiger partial charge on any atom is 0.330 e. The molecule has 0 saturated carbocycles. The number of carboxylic acid groups (broad SMARTS) is 1. The first-order valence-corrected chi connectivity index (χ1v) is 4.11. The lowest BCUT2D eigenvalue weighted by molar-refractivity contribution is -0.131. The zero-order valence-electron chi connectivity index (χ0n) is 7.92. The van der Waals surface area contributed by atoms with Crippen molar-refractivity contribution >= 4 is 11.9 Å². The second-order valence-corrected chi connectivity index (χ2v) is 3.83. The van der Waals surface area contributed by atoms with E-state index in [1.54, 1.807) is 6.92 Å². The van der Waals surface area contributed by atoms with Gasteiger partial charge in [0, 0.05) is 23.1 Å². The molecule has 0 aliphatic carbocycles. The minimum atomic E-state index is -1.03. The zero-order chi connectivity index (χ0) is 10.2. The van der Waals surface area contributed by atoms with Crippen LogP contribution < -0.4 is 5.32 Å². The summed E-state index contributed by atoms with van der Waals surface area (Å²) < 4.78 is 0. The summed E-state index contributed by atoms with van der Waals surface area (Å²) in [5.41, 5.74) is 0.0765. The molecule has 1 aliphatic rings. The van der Waals surface area contributed by atoms with Crippen molar-refractivity contribution in [2.75, 3.05) is 0 Å². The molecule has 1 unspecified atom stereocenters. The number of allylic oxidation sites excluding steroid dienone is 1. The van der Waals surface area contributed by atoms with Crippen LogP contribution in [0, 0.1) is 11.3 Å². The van der Waals surface area contributed by atoms with E-state index in [9.17, 15) is 9.59 Å². The molecule has 1 aliphatic heterocycles. The smallest absolute Gasteiger partial charge is 0.330 e. The lowest BCUT2D eigenvalue weighted by atomic mass is 9.80. The van der Waals surface area contributed by atoms with E-state index in [-0.39, 0.29) is 11.8 Å². The maximum absolute atomic E-state index is 11.2. The number of carbonyl (C=O) groups is 2. The molecule has 0 aromatic rings. The van der Waals surface area contributed by atoms with Crippen LogP contribution in [0.5, 0.6) is 0 Å². The molecule has 4 heteroatoms. The molecule has 1 saturated heterocycles. The van der Waals surface area contributed by atoms with E-state index >= 15 is 0 Å². The zero-order valence-corrected chi connectivity index (χ0v) is 7.92. The lowest BCUT2D eigenvalue weighted by Crippen LogP contribution is -2.20. The number of hydrogen-bond acceptors (Lipinski definition) is 2. The number of carboxylic acids is 1. The second kappa shape index (κ2) is 2.87. The highest BCUT2D eigenvalue weighted by atomic mass is 16.4. The standard InChI is InChI=1S/C9H13NO3/c1-5-8(13)10-6(4-7(11)12)9(5,2)3/h4-5H,1-3H3,(H,10,13)(H,11,12)/b6-4-. The van der Waals surface area contributed by atoms with E-state index in [0.717, 1.165) is 6.08 Å². The SMILES string of the molecule is CC1C(=O)N/C(=C\C(=O)O)C1(C)C. The minimum absolute atomic E-state index is 0.113. The molecule has 13 heavy (non-hydrogen) atoms. The van der Waals surface area contributed by atoms with Crippen molar-refractivity contribution in [2.24, 2.45) is 11.3 Å². The van der Waals surface area contributed by atoms with Gasteiger partial charge in [0.05, 0.1) is 0 Å². The summed E-state index contributed by atoms with van der Waals surface area (Å²) in [4.78, 5) is 21.7. The Morgan fingerprint density at radius 1 is 1.62 bits per heavy atom. The average Bonchev–Trinajstić information content (AvgIpc) is 2.15. The van der Waals surface area contributed by atoms with Crippen LogP contribution in [0.2, 0.25) is 0 Å². The fourth-order valence-corrected chi connectivity index (χ4v) is 1.31. The van der Waals surface area contributed by atoms with Gasteiger partial charge in [-0.25, -0.2) is 4.79 Å². The molecule has 0 radical (unpaired) electrons. The molecule has 2 N–H and O–H groups in total. The Hall–Kier alpha value is -1.32. The Balaban J connectivity index is 3.04. The first-order valence-electron chi connectivity index (χ1n) is 4.11. The molecule has 1 amide bonds. The van der Waals surface area contributed by atoms with Gasteiger partial charge < -0.3 is 10.4 Å². The molecule has 1 fully saturated rings. The van der Waals surface area contributed by atoms with Gasteiger partial charge in [-0.15, -0.1) is 0 Å². The Morgan fingerprint density at radius 2 is 2.15 bits per heavy atom. The fourth-order valence-electron chi connectivity index (χ4n) is 1.31. The van der Waals surface area contributed by atoms with Gasteiger partial charge in [0.15, 0.2) is 0 Å². The Kier molecular flexibility index (Phi) is 2.15. The molecule has 0 spiro atoms. The van der Waals surface area contributed by atoms with Gasteiger partial charge in [0.1, 0.15) is 0 Å². The molecule has 1 atom stereocenters. The quantitative estimate of drug-likeness (QED) is 0.589. The first-order chi connectivity index (χ1) is 5.85. The normalized spacial score (nSPS) is 29.0. The van der Waals surface area contributed by atoms with Gasteiger partial charge in [-0.2, -0.15) is 0 Å². The molecule has 1 rings (SSSR count). The van der Waals surface area contributed by atoms with Crippen molar-refractivity contribution in [2.45, 2.75) is 20.8 Å². The third-order valence-corrected chi connectivity index (χ3v) is 2.70. The summed E-state index contributed by atoms with van der Waals surface area (Å²) in [7, 11) is 0. The monoisotopic (exact) mass is 183 g/mol. The highest BCUT2D eigenvalue weighted by Crippen LogP contribution is 2.38. The summed E-state index contributed by atoms with van der Waals surface area (Å²) in [6, 6.07) is 0. The number of carbonyl (C=O) groups excluding carboxylic acids is 1. The Bertz CT molecular complexity index is 291. The first kappa shape index (κ1) is 9.77. The Morgan fingerprint density at radius 3 is 2.46 bits per heavy atom. The molecule has 0 aromatic carbocycles. The van der Waals surface area contributed by atoms with Crippen molar-refractivity contribution in [3.05, 3.63) is 11.8 Å². The highest BCUT2D eigenvalue weighted by Gasteiger charge is 2.42. The average molecular weight is 183 g/mol. The Labute approximate surface area is 76.6 Å². The second-order valence-electron chi connectivity index (χ2n) is 3.83. The number of aliphatic carboxylic acids is 1. The summed E-state index contributed by atoms with van der Waals surface area (Å²) >= 11 is 0. The van der Waals surface area contributed by atoms with Crippen LogP contribution in [0.1, 0.15) is 20.8 Å². The van der Waals surface area contributed by atoms with E-state index in [1.807, 2.05) is 13.8 Å². The van der Waals surface area contributed by atoms with Gasteiger partial charge in [0.2, 0.25) is 5.91 Å². The molecule has 1 heterocycles. The predicted molar refractivity (Wildman–Crippen MR) is 46.8 cm³/mol. The third-order valence-electron chi connectivity index (χ3n) is 2.70. The summed E-state index contributed by atoms with van der Waals surface area (Å²) in [6.45, 7) is 5.49. The molecule has 0 aromatic heterocycles. The molecule has 0 bridgehead atoms. The number of hydrogen-bond donors (Lipinski definition) is 2. The van der Waals surface area contributed by atoms with E-state index in [0.29, 0.717) is 5.70 Å². The van der Waals surface area contributed by atoms with Gasteiger partial charge >= 0.3 is 5.97 Å². The van der Waals surface area contributed by atoms with E-state index in [4.69, 9.17) is 5.11 Å². The van der Waals surface area contributed by atoms with E-state index in [1.165, 1.54) is 0 Å². The predicted octanol–water partition coefficient (Wildman–Crippen LogP) is 0.747. The van der Waals surface area contributed by atoms with Gasteiger partial charge in [-0.3, -0.25) is 4.79 Å². The van der Waals surface area contributed by atoms with Crippen LogP contribution in [-0.4, -0.2) is 17.0 Å². The number of nitrogens with one attached hydrogen (secondary N) is 1. The van der Waals surface area contributed by atoms with Gasteiger partial charge in [0.25, 0.3) is 0 Å². The van der Waals surface area contributed by atoms with Crippen LogP contribution in [0.25, 0.3) is 0 Å². The summed E-state index contributed by atoms with van der Waals surface area (Å²) in [6.07, 6.45) is 1.06. The van der Waals surface area contributed by atoms with Crippen molar-refractivity contribution in [3.8, 4) is 0 Å². The van der Waals surface area contributed by atoms with E-state index in [2.05, 4.69) is 5.32 Å². The molecular formula is C9H13NO3. The minimum Gasteiger partial charge on any atom is -0.478 e.